The lowest BCUT2D eigenvalue weighted by molar-refractivity contribution is -0.117. The van der Waals surface area contributed by atoms with Crippen LogP contribution in [-0.4, -0.2) is 33.6 Å². The Morgan fingerprint density at radius 3 is 2.89 bits per heavy atom. The number of anilines is 2. The van der Waals surface area contributed by atoms with Crippen molar-refractivity contribution in [2.75, 3.05) is 16.8 Å². The van der Waals surface area contributed by atoms with Crippen LogP contribution in [0.2, 0.25) is 5.02 Å². The quantitative estimate of drug-likeness (QED) is 0.697. The fourth-order valence-electron chi connectivity index (χ4n) is 3.12. The van der Waals surface area contributed by atoms with E-state index >= 15 is 0 Å². The van der Waals surface area contributed by atoms with E-state index in [2.05, 4.69) is 20.4 Å². The number of rotatable bonds is 5. The summed E-state index contributed by atoms with van der Waals surface area (Å²) in [4.78, 5) is 23.3. The minimum Gasteiger partial charge on any atom is -0.358 e. The van der Waals surface area contributed by atoms with Crippen LogP contribution in [0.25, 0.3) is 11.5 Å². The summed E-state index contributed by atoms with van der Waals surface area (Å²) in [5.41, 5.74) is 1.56. The number of amides is 1. The van der Waals surface area contributed by atoms with Gasteiger partial charge >= 0.3 is 0 Å². The maximum Gasteiger partial charge on any atom is 0.258 e. The van der Waals surface area contributed by atoms with Crippen molar-refractivity contribution in [3.8, 4) is 11.5 Å². The number of carbonyl (C=O) groups is 1. The lowest BCUT2D eigenvalue weighted by Crippen LogP contribution is -2.33. The Kier molecular flexibility index (Phi) is 5.00. The van der Waals surface area contributed by atoms with Gasteiger partial charge in [-0.3, -0.25) is 4.79 Å². The first-order chi connectivity index (χ1) is 13.5. The molecule has 144 valence electrons. The first-order valence-electron chi connectivity index (χ1n) is 9.15. The van der Waals surface area contributed by atoms with Crippen LogP contribution in [0.3, 0.4) is 0 Å². The third-order valence-electron chi connectivity index (χ3n) is 4.61. The van der Waals surface area contributed by atoms with Crippen LogP contribution in [0, 0.1) is 0 Å². The zero-order valence-corrected chi connectivity index (χ0v) is 16.3. The molecular weight excluding hydrogens is 378 g/mol. The summed E-state index contributed by atoms with van der Waals surface area (Å²) in [6.45, 7) is 4.63. The van der Waals surface area contributed by atoms with Crippen molar-refractivity contribution < 1.29 is 9.32 Å². The number of halogens is 1. The van der Waals surface area contributed by atoms with Gasteiger partial charge < -0.3 is 14.7 Å². The average Bonchev–Trinajstić information content (AvgIpc) is 3.30. The standard InChI is InChI=1S/C20H20ClN5O2/c1-12(2)18-24-19(28-25-18)13-6-8-22-17(10-13)23-16-7-9-26(20(16)27)15-5-3-4-14(21)11-15/h3-6,8,10-12,16H,7,9H2,1-2H3,(H,22,23). The van der Waals surface area contributed by atoms with Crippen LogP contribution >= 0.6 is 11.6 Å². The van der Waals surface area contributed by atoms with Gasteiger partial charge in [-0.1, -0.05) is 36.7 Å². The van der Waals surface area contributed by atoms with Crippen LogP contribution in [0.15, 0.2) is 47.1 Å². The second kappa shape index (κ2) is 7.59. The van der Waals surface area contributed by atoms with Crippen molar-refractivity contribution in [3.63, 3.8) is 0 Å². The van der Waals surface area contributed by atoms with Gasteiger partial charge in [-0.05, 0) is 36.8 Å². The molecule has 1 amide bonds. The van der Waals surface area contributed by atoms with Gasteiger partial charge in [0.25, 0.3) is 5.89 Å². The Hall–Kier alpha value is -2.93. The van der Waals surface area contributed by atoms with Gasteiger partial charge in [-0.15, -0.1) is 0 Å². The van der Waals surface area contributed by atoms with Crippen LogP contribution in [-0.2, 0) is 4.79 Å². The number of nitrogens with one attached hydrogen (secondary N) is 1. The molecule has 1 aliphatic rings. The molecule has 0 radical (unpaired) electrons. The van der Waals surface area contributed by atoms with Crippen molar-refractivity contribution in [2.24, 2.45) is 0 Å². The summed E-state index contributed by atoms with van der Waals surface area (Å²) >= 11 is 6.05. The molecule has 1 aliphatic heterocycles. The molecule has 0 saturated carbocycles. The predicted molar refractivity (Wildman–Crippen MR) is 107 cm³/mol. The Morgan fingerprint density at radius 2 is 2.14 bits per heavy atom. The van der Waals surface area contributed by atoms with Gasteiger partial charge in [0, 0.05) is 34.9 Å². The summed E-state index contributed by atoms with van der Waals surface area (Å²) in [6.07, 6.45) is 2.33. The minimum absolute atomic E-state index is 0.00523. The first-order valence-corrected chi connectivity index (χ1v) is 9.52. The lowest BCUT2D eigenvalue weighted by Gasteiger charge is -2.17. The topological polar surface area (TPSA) is 84.2 Å². The van der Waals surface area contributed by atoms with Gasteiger partial charge in [-0.2, -0.15) is 4.98 Å². The van der Waals surface area contributed by atoms with Crippen molar-refractivity contribution in [1.82, 2.24) is 15.1 Å². The van der Waals surface area contributed by atoms with E-state index in [4.69, 9.17) is 16.1 Å². The Bertz CT molecular complexity index is 1000. The van der Waals surface area contributed by atoms with Crippen LogP contribution in [0.4, 0.5) is 11.5 Å². The summed E-state index contributed by atoms with van der Waals surface area (Å²) in [6, 6.07) is 10.6. The van der Waals surface area contributed by atoms with Gasteiger partial charge in [-0.25, -0.2) is 4.98 Å². The van der Waals surface area contributed by atoms with Gasteiger partial charge in [0.15, 0.2) is 5.82 Å². The molecule has 1 aromatic carbocycles. The van der Waals surface area contributed by atoms with E-state index in [0.717, 1.165) is 11.3 Å². The number of hydrogen-bond acceptors (Lipinski definition) is 6. The first kappa shape index (κ1) is 18.4. The van der Waals surface area contributed by atoms with E-state index in [-0.39, 0.29) is 17.9 Å². The highest BCUT2D eigenvalue weighted by atomic mass is 35.5. The summed E-state index contributed by atoms with van der Waals surface area (Å²) in [5.74, 6) is 1.87. The lowest BCUT2D eigenvalue weighted by atomic mass is 10.2. The largest absolute Gasteiger partial charge is 0.358 e. The summed E-state index contributed by atoms with van der Waals surface area (Å²) in [5, 5.41) is 7.82. The second-order valence-corrected chi connectivity index (χ2v) is 7.43. The van der Waals surface area contributed by atoms with Crippen molar-refractivity contribution in [3.05, 3.63) is 53.4 Å². The smallest absolute Gasteiger partial charge is 0.258 e. The molecule has 2 aromatic heterocycles. The van der Waals surface area contributed by atoms with E-state index in [1.807, 2.05) is 32.0 Å². The average molecular weight is 398 g/mol. The SMILES string of the molecule is CC(C)c1noc(-c2ccnc(NC3CCN(c4cccc(Cl)c4)C3=O)c2)n1. The third-order valence-corrected chi connectivity index (χ3v) is 4.85. The fraction of sp³-hybridized carbons (Fsp3) is 0.300. The highest BCUT2D eigenvalue weighted by Crippen LogP contribution is 2.27. The van der Waals surface area contributed by atoms with Crippen molar-refractivity contribution in [2.45, 2.75) is 32.2 Å². The van der Waals surface area contributed by atoms with E-state index in [1.165, 1.54) is 0 Å². The number of pyridine rings is 1. The molecule has 3 aromatic rings. The Balaban J connectivity index is 1.49. The second-order valence-electron chi connectivity index (χ2n) is 7.00. The number of aromatic nitrogens is 3. The van der Waals surface area contributed by atoms with Gasteiger partial charge in [0.2, 0.25) is 5.91 Å². The zero-order chi connectivity index (χ0) is 19.7. The number of carbonyl (C=O) groups excluding carboxylic acids is 1. The van der Waals surface area contributed by atoms with E-state index in [0.29, 0.717) is 35.5 Å². The molecule has 1 saturated heterocycles. The van der Waals surface area contributed by atoms with E-state index in [1.54, 1.807) is 29.3 Å². The zero-order valence-electron chi connectivity index (χ0n) is 15.6. The van der Waals surface area contributed by atoms with Gasteiger partial charge in [0.05, 0.1) is 0 Å². The normalized spacial score (nSPS) is 16.8. The molecule has 1 atom stereocenters. The minimum atomic E-state index is -0.351. The molecule has 3 heterocycles. The highest BCUT2D eigenvalue weighted by Gasteiger charge is 2.32. The molecule has 7 nitrogen and oxygen atoms in total. The highest BCUT2D eigenvalue weighted by molar-refractivity contribution is 6.31. The fourth-order valence-corrected chi connectivity index (χ4v) is 3.31. The monoisotopic (exact) mass is 397 g/mol. The van der Waals surface area contributed by atoms with Crippen molar-refractivity contribution in [1.29, 1.82) is 0 Å². The molecule has 4 rings (SSSR count). The maximum absolute atomic E-state index is 12.8. The van der Waals surface area contributed by atoms with Crippen molar-refractivity contribution >= 4 is 29.0 Å². The van der Waals surface area contributed by atoms with E-state index < -0.39 is 0 Å². The summed E-state index contributed by atoms with van der Waals surface area (Å²) < 4.78 is 5.34. The number of benzene rings is 1. The number of hydrogen-bond donors (Lipinski definition) is 1. The number of nitrogens with zero attached hydrogens (tertiary/aromatic N) is 4. The van der Waals surface area contributed by atoms with Gasteiger partial charge in [0.1, 0.15) is 11.9 Å². The van der Waals surface area contributed by atoms with E-state index in [9.17, 15) is 4.79 Å². The third kappa shape index (κ3) is 3.71. The molecule has 1 unspecified atom stereocenters. The predicted octanol–water partition coefficient (Wildman–Crippen LogP) is 4.13. The molecule has 1 N–H and O–H groups in total. The molecule has 28 heavy (non-hydrogen) atoms. The van der Waals surface area contributed by atoms with Crippen LogP contribution < -0.4 is 10.2 Å². The Morgan fingerprint density at radius 1 is 1.29 bits per heavy atom. The molecule has 0 spiro atoms. The van der Waals surface area contributed by atoms with Crippen LogP contribution in [0.5, 0.6) is 0 Å². The summed E-state index contributed by atoms with van der Waals surface area (Å²) in [7, 11) is 0. The molecule has 0 aliphatic carbocycles. The molecular formula is C20H20ClN5O2. The van der Waals surface area contributed by atoms with Crippen LogP contribution in [0.1, 0.15) is 32.0 Å². The Labute approximate surface area is 167 Å². The molecule has 8 heteroatoms. The maximum atomic E-state index is 12.8. The molecule has 0 bridgehead atoms. The molecule has 1 fully saturated rings.